The van der Waals surface area contributed by atoms with Gasteiger partial charge in [0.15, 0.2) is 0 Å². The number of benzene rings is 1. The minimum Gasteiger partial charge on any atom is -0.497 e. The minimum atomic E-state index is -1.16. The number of pyridine rings is 1. The van der Waals surface area contributed by atoms with Gasteiger partial charge in [0.1, 0.15) is 11.3 Å². The van der Waals surface area contributed by atoms with Crippen molar-refractivity contribution in [2.24, 2.45) is 0 Å². The second-order valence-electron chi connectivity index (χ2n) is 7.30. The number of hydrogen-bond donors (Lipinski definition) is 2. The van der Waals surface area contributed by atoms with Gasteiger partial charge in [-0.25, -0.2) is 4.79 Å². The molecule has 2 aliphatic rings. The Hall–Kier alpha value is -2.63. The van der Waals surface area contributed by atoms with Crippen molar-refractivity contribution in [1.82, 2.24) is 10.3 Å². The molecule has 0 radical (unpaired) electrons. The molecule has 6 nitrogen and oxygen atoms in total. The number of aliphatic carboxylic acids is 1. The van der Waals surface area contributed by atoms with Crippen molar-refractivity contribution < 1.29 is 19.4 Å². The third kappa shape index (κ3) is 2.89. The summed E-state index contributed by atoms with van der Waals surface area (Å²) in [6, 6.07) is 7.28. The van der Waals surface area contributed by atoms with Crippen LogP contribution >= 0.6 is 0 Å². The zero-order valence-corrected chi connectivity index (χ0v) is 14.7. The molecule has 1 amide bonds. The molecule has 6 heteroatoms. The summed E-state index contributed by atoms with van der Waals surface area (Å²) in [7, 11) is 1.57. The number of carboxylic acids is 1. The second kappa shape index (κ2) is 6.27. The third-order valence-corrected chi connectivity index (χ3v) is 5.50. The highest BCUT2D eigenvalue weighted by molar-refractivity contribution is 6.08. The SMILES string of the molecule is COc1ccc2nc(C3CC3)cc(C(=O)NC3(C(=O)O)CCCC3)c2c1. The molecule has 0 saturated heterocycles. The van der Waals surface area contributed by atoms with Gasteiger partial charge in [-0.15, -0.1) is 0 Å². The Kier molecular flexibility index (Phi) is 4.05. The molecule has 1 aromatic heterocycles. The summed E-state index contributed by atoms with van der Waals surface area (Å²) in [4.78, 5) is 29.6. The Morgan fingerprint density at radius 1 is 1.23 bits per heavy atom. The molecule has 0 unspecified atom stereocenters. The summed E-state index contributed by atoms with van der Waals surface area (Å²) < 4.78 is 5.28. The molecular formula is C20H22N2O4. The lowest BCUT2D eigenvalue weighted by molar-refractivity contribution is -0.144. The number of carboxylic acid groups (broad SMARTS) is 1. The number of ether oxygens (including phenoxy) is 1. The lowest BCUT2D eigenvalue weighted by Crippen LogP contribution is -2.52. The summed E-state index contributed by atoms with van der Waals surface area (Å²) in [5.74, 6) is -0.270. The maximum atomic E-state index is 13.1. The fourth-order valence-electron chi connectivity index (χ4n) is 3.78. The number of carbonyl (C=O) groups excluding carboxylic acids is 1. The van der Waals surface area contributed by atoms with Crippen molar-refractivity contribution in [2.45, 2.75) is 50.0 Å². The summed E-state index contributed by atoms with van der Waals surface area (Å²) in [5.41, 5.74) is 0.953. The lowest BCUT2D eigenvalue weighted by atomic mass is 9.96. The highest BCUT2D eigenvalue weighted by Gasteiger charge is 2.43. The van der Waals surface area contributed by atoms with Crippen LogP contribution in [0.4, 0.5) is 0 Å². The average Bonchev–Trinajstić information content (AvgIpc) is 3.39. The summed E-state index contributed by atoms with van der Waals surface area (Å²) in [6.07, 6.45) is 4.71. The van der Waals surface area contributed by atoms with Crippen molar-refractivity contribution >= 4 is 22.8 Å². The number of aromatic nitrogens is 1. The standard InChI is InChI=1S/C20H22N2O4/c1-26-13-6-7-16-14(10-13)15(11-17(21-16)12-4-5-12)18(23)22-20(19(24)25)8-2-3-9-20/h6-7,10-12H,2-5,8-9H2,1H3,(H,22,23)(H,24,25). The molecule has 1 aromatic carbocycles. The normalized spacial score (nSPS) is 18.7. The molecule has 2 aromatic rings. The summed E-state index contributed by atoms with van der Waals surface area (Å²) in [5, 5.41) is 13.2. The van der Waals surface area contributed by atoms with E-state index in [2.05, 4.69) is 10.3 Å². The zero-order chi connectivity index (χ0) is 18.3. The fourth-order valence-corrected chi connectivity index (χ4v) is 3.78. The molecule has 26 heavy (non-hydrogen) atoms. The van der Waals surface area contributed by atoms with Gasteiger partial charge in [-0.3, -0.25) is 9.78 Å². The van der Waals surface area contributed by atoms with E-state index < -0.39 is 11.5 Å². The van der Waals surface area contributed by atoms with Crippen molar-refractivity contribution in [3.05, 3.63) is 35.5 Å². The largest absolute Gasteiger partial charge is 0.497 e. The van der Waals surface area contributed by atoms with Crippen LogP contribution in [0.1, 0.15) is 60.5 Å². The monoisotopic (exact) mass is 354 g/mol. The Labute approximate surface area is 151 Å². The lowest BCUT2D eigenvalue weighted by Gasteiger charge is -2.25. The van der Waals surface area contributed by atoms with E-state index in [9.17, 15) is 14.7 Å². The van der Waals surface area contributed by atoms with Crippen molar-refractivity contribution in [3.8, 4) is 5.75 Å². The van der Waals surface area contributed by atoms with Gasteiger partial charge in [-0.2, -0.15) is 0 Å². The average molecular weight is 354 g/mol. The van der Waals surface area contributed by atoms with E-state index in [-0.39, 0.29) is 5.91 Å². The van der Waals surface area contributed by atoms with Crippen LogP contribution in [-0.2, 0) is 4.79 Å². The van der Waals surface area contributed by atoms with Crippen LogP contribution in [-0.4, -0.2) is 34.6 Å². The maximum absolute atomic E-state index is 13.1. The van der Waals surface area contributed by atoms with Crippen molar-refractivity contribution in [3.63, 3.8) is 0 Å². The van der Waals surface area contributed by atoms with Gasteiger partial charge in [-0.05, 0) is 49.9 Å². The highest BCUT2D eigenvalue weighted by Crippen LogP contribution is 2.40. The second-order valence-corrected chi connectivity index (χ2v) is 7.30. The summed E-state index contributed by atoms with van der Waals surface area (Å²) in [6.45, 7) is 0. The topological polar surface area (TPSA) is 88.5 Å². The van der Waals surface area contributed by atoms with Crippen molar-refractivity contribution in [1.29, 1.82) is 0 Å². The zero-order valence-electron chi connectivity index (χ0n) is 14.7. The Morgan fingerprint density at radius 3 is 2.58 bits per heavy atom. The molecule has 0 spiro atoms. The number of nitrogens with zero attached hydrogens (tertiary/aromatic N) is 1. The van der Waals surface area contributed by atoms with Gasteiger partial charge in [0.25, 0.3) is 5.91 Å². The number of rotatable bonds is 5. The van der Waals surface area contributed by atoms with E-state index in [0.29, 0.717) is 35.5 Å². The quantitative estimate of drug-likeness (QED) is 0.860. The van der Waals surface area contributed by atoms with Gasteiger partial charge >= 0.3 is 5.97 Å². The van der Waals surface area contributed by atoms with Gasteiger partial charge in [0, 0.05) is 17.0 Å². The molecule has 0 aliphatic heterocycles. The fraction of sp³-hybridized carbons (Fsp3) is 0.450. The van der Waals surface area contributed by atoms with E-state index in [4.69, 9.17) is 4.74 Å². The van der Waals surface area contributed by atoms with Crippen LogP contribution in [0.5, 0.6) is 5.75 Å². The molecule has 136 valence electrons. The Bertz CT molecular complexity index is 883. The van der Waals surface area contributed by atoms with E-state index in [1.165, 1.54) is 0 Å². The number of nitrogens with one attached hydrogen (secondary N) is 1. The number of hydrogen-bond acceptors (Lipinski definition) is 4. The number of carbonyl (C=O) groups is 2. The van der Waals surface area contributed by atoms with Gasteiger partial charge in [-0.1, -0.05) is 12.8 Å². The molecule has 2 aliphatic carbocycles. The van der Waals surface area contributed by atoms with Crippen LogP contribution in [0.15, 0.2) is 24.3 Å². The maximum Gasteiger partial charge on any atom is 0.329 e. The van der Waals surface area contributed by atoms with Crippen LogP contribution in [0, 0.1) is 0 Å². The number of amides is 1. The molecule has 2 saturated carbocycles. The van der Waals surface area contributed by atoms with Crippen LogP contribution in [0.25, 0.3) is 10.9 Å². The van der Waals surface area contributed by atoms with E-state index in [1.807, 2.05) is 18.2 Å². The predicted octanol–water partition coefficient (Wildman–Crippen LogP) is 3.25. The van der Waals surface area contributed by atoms with E-state index in [0.717, 1.165) is 36.9 Å². The molecule has 2 fully saturated rings. The van der Waals surface area contributed by atoms with Gasteiger partial charge in [0.2, 0.25) is 0 Å². The van der Waals surface area contributed by atoms with Crippen LogP contribution in [0.2, 0.25) is 0 Å². The highest BCUT2D eigenvalue weighted by atomic mass is 16.5. The smallest absolute Gasteiger partial charge is 0.329 e. The number of methoxy groups -OCH3 is 1. The first kappa shape index (κ1) is 16.8. The molecule has 2 N–H and O–H groups in total. The molecule has 4 rings (SSSR count). The van der Waals surface area contributed by atoms with Crippen molar-refractivity contribution in [2.75, 3.05) is 7.11 Å². The third-order valence-electron chi connectivity index (χ3n) is 5.50. The van der Waals surface area contributed by atoms with Gasteiger partial charge in [0.05, 0.1) is 18.2 Å². The first-order valence-corrected chi connectivity index (χ1v) is 9.07. The summed E-state index contributed by atoms with van der Waals surface area (Å²) >= 11 is 0. The Balaban J connectivity index is 1.78. The van der Waals surface area contributed by atoms with Gasteiger partial charge < -0.3 is 15.2 Å². The molecule has 0 bridgehead atoms. The first-order chi connectivity index (χ1) is 12.5. The predicted molar refractivity (Wildman–Crippen MR) is 96.6 cm³/mol. The minimum absolute atomic E-state index is 0.350. The van der Waals surface area contributed by atoms with Crippen LogP contribution < -0.4 is 10.1 Å². The number of fused-ring (bicyclic) bond motifs is 1. The molecular weight excluding hydrogens is 332 g/mol. The first-order valence-electron chi connectivity index (χ1n) is 9.07. The van der Waals surface area contributed by atoms with E-state index >= 15 is 0 Å². The van der Waals surface area contributed by atoms with E-state index in [1.54, 1.807) is 13.2 Å². The van der Waals surface area contributed by atoms with Crippen LogP contribution in [0.3, 0.4) is 0 Å². The molecule has 0 atom stereocenters. The Morgan fingerprint density at radius 2 is 1.96 bits per heavy atom. The molecule has 1 heterocycles.